The molecule has 0 heterocycles. The minimum Gasteiger partial charge on any atom is -0.497 e. The highest BCUT2D eigenvalue weighted by atomic mass is 19.3. The highest BCUT2D eigenvalue weighted by Gasteiger charge is 2.55. The number of alkyl halides is 2. The Kier molecular flexibility index (Phi) is 5.67. The van der Waals surface area contributed by atoms with Gasteiger partial charge in [-0.25, -0.2) is 13.6 Å². The van der Waals surface area contributed by atoms with Gasteiger partial charge in [-0.1, -0.05) is 18.6 Å². The van der Waals surface area contributed by atoms with Crippen molar-refractivity contribution in [2.24, 2.45) is 17.3 Å². The van der Waals surface area contributed by atoms with Crippen LogP contribution in [0.2, 0.25) is 0 Å². The van der Waals surface area contributed by atoms with E-state index in [1.54, 1.807) is 7.11 Å². The second-order valence-corrected chi connectivity index (χ2v) is 7.76. The zero-order valence-electron chi connectivity index (χ0n) is 15.3. The van der Waals surface area contributed by atoms with E-state index < -0.39 is 36.2 Å². The molecular formula is C20H25F2NO4. The third-order valence-corrected chi connectivity index (χ3v) is 6.10. The van der Waals surface area contributed by atoms with Gasteiger partial charge in [-0.15, -0.1) is 0 Å². The average Bonchev–Trinajstić information content (AvgIpc) is 3.22. The van der Waals surface area contributed by atoms with Crippen LogP contribution in [-0.2, 0) is 16.0 Å². The summed E-state index contributed by atoms with van der Waals surface area (Å²) in [5.74, 6) is -0.569. The highest BCUT2D eigenvalue weighted by Crippen LogP contribution is 2.57. The Hall–Kier alpha value is -2.18. The Morgan fingerprint density at radius 1 is 1.37 bits per heavy atom. The summed E-state index contributed by atoms with van der Waals surface area (Å²) in [5, 5.41) is 11.6. The van der Waals surface area contributed by atoms with Crippen LogP contribution in [0.1, 0.15) is 37.7 Å². The number of fused-ring (bicyclic) bond motifs is 2. The fourth-order valence-electron chi connectivity index (χ4n) is 4.87. The minimum absolute atomic E-state index is 0.148. The summed E-state index contributed by atoms with van der Waals surface area (Å²) in [6.07, 6.45) is 0.362. The Morgan fingerprint density at radius 3 is 2.70 bits per heavy atom. The van der Waals surface area contributed by atoms with Crippen LogP contribution in [0.3, 0.4) is 0 Å². The molecule has 2 aliphatic rings. The summed E-state index contributed by atoms with van der Waals surface area (Å²) in [6.45, 7) is 0. The Balaban J connectivity index is 1.84. The lowest BCUT2D eigenvalue weighted by molar-refractivity contribution is -0.146. The molecule has 4 atom stereocenters. The van der Waals surface area contributed by atoms with Gasteiger partial charge in [0.15, 0.2) is 0 Å². The monoisotopic (exact) mass is 381 g/mol. The highest BCUT2D eigenvalue weighted by molar-refractivity contribution is 5.88. The summed E-state index contributed by atoms with van der Waals surface area (Å²) < 4.78 is 30.7. The number of carboxylic acids is 1. The van der Waals surface area contributed by atoms with Crippen molar-refractivity contribution in [3.8, 4) is 5.75 Å². The van der Waals surface area contributed by atoms with Gasteiger partial charge >= 0.3 is 5.97 Å². The predicted molar refractivity (Wildman–Crippen MR) is 94.8 cm³/mol. The summed E-state index contributed by atoms with van der Waals surface area (Å²) in [7, 11) is 1.57. The number of carboxylic acid groups (broad SMARTS) is 1. The van der Waals surface area contributed by atoms with E-state index in [4.69, 9.17) is 4.74 Å². The lowest BCUT2D eigenvalue weighted by atomic mass is 9.68. The molecule has 27 heavy (non-hydrogen) atoms. The van der Waals surface area contributed by atoms with Gasteiger partial charge in [-0.05, 0) is 55.2 Å². The topological polar surface area (TPSA) is 75.6 Å². The molecule has 1 aromatic carbocycles. The van der Waals surface area contributed by atoms with E-state index in [-0.39, 0.29) is 5.92 Å². The third-order valence-electron chi connectivity index (χ3n) is 6.10. The van der Waals surface area contributed by atoms with Gasteiger partial charge in [0.2, 0.25) is 12.3 Å². The van der Waals surface area contributed by atoms with Gasteiger partial charge < -0.3 is 15.2 Å². The standard InChI is InChI=1S/C20H25F2NO4/c1-27-15-4-2-3-12(8-15)10-20(11-13-5-6-14(20)7-13)19(26)23-16(18(24)25)9-17(21)22/h2-4,8,13-14,16-17H,5-7,9-11H2,1H3,(H,23,26)(H,24,25). The molecule has 2 fully saturated rings. The second-order valence-electron chi connectivity index (χ2n) is 7.76. The number of hydrogen-bond acceptors (Lipinski definition) is 3. The number of nitrogens with one attached hydrogen (secondary N) is 1. The van der Waals surface area contributed by atoms with Crippen molar-refractivity contribution in [3.63, 3.8) is 0 Å². The van der Waals surface area contributed by atoms with E-state index in [0.717, 1.165) is 24.8 Å². The number of aliphatic carboxylic acids is 1. The molecule has 2 N–H and O–H groups in total. The minimum atomic E-state index is -2.79. The molecule has 5 nitrogen and oxygen atoms in total. The molecule has 1 aromatic rings. The van der Waals surface area contributed by atoms with Crippen LogP contribution in [-0.4, -0.2) is 36.6 Å². The number of ether oxygens (including phenoxy) is 1. The predicted octanol–water partition coefficient (Wildman–Crippen LogP) is 3.27. The fraction of sp³-hybridized carbons (Fsp3) is 0.600. The first-order valence-corrected chi connectivity index (χ1v) is 9.29. The first-order chi connectivity index (χ1) is 12.8. The Bertz CT molecular complexity index is 711. The van der Waals surface area contributed by atoms with Crippen molar-refractivity contribution in [2.45, 2.75) is 51.0 Å². The van der Waals surface area contributed by atoms with Gasteiger partial charge in [0.05, 0.1) is 12.5 Å². The van der Waals surface area contributed by atoms with Crippen LogP contribution in [0.15, 0.2) is 24.3 Å². The average molecular weight is 381 g/mol. The molecule has 0 radical (unpaired) electrons. The maximum atomic E-state index is 13.2. The Morgan fingerprint density at radius 2 is 2.15 bits per heavy atom. The van der Waals surface area contributed by atoms with Gasteiger partial charge in [0.1, 0.15) is 11.8 Å². The number of rotatable bonds is 8. The van der Waals surface area contributed by atoms with Crippen LogP contribution >= 0.6 is 0 Å². The molecule has 3 rings (SSSR count). The number of amides is 1. The summed E-state index contributed by atoms with van der Waals surface area (Å²) in [5.41, 5.74) is 0.184. The Labute approximate surface area is 157 Å². The lowest BCUT2D eigenvalue weighted by Gasteiger charge is -2.37. The summed E-state index contributed by atoms with van der Waals surface area (Å²) in [6, 6.07) is 5.88. The van der Waals surface area contributed by atoms with Gasteiger partial charge in [-0.3, -0.25) is 4.79 Å². The van der Waals surface area contributed by atoms with E-state index in [1.165, 1.54) is 0 Å². The van der Waals surface area contributed by atoms with E-state index >= 15 is 0 Å². The van der Waals surface area contributed by atoms with Gasteiger partial charge in [0.25, 0.3) is 0 Å². The number of methoxy groups -OCH3 is 1. The van der Waals surface area contributed by atoms with E-state index in [2.05, 4.69) is 5.32 Å². The molecule has 2 aliphatic carbocycles. The SMILES string of the molecule is COc1cccc(CC2(C(=O)NC(CC(F)F)C(=O)O)CC3CCC2C3)c1. The molecule has 2 bridgehead atoms. The maximum absolute atomic E-state index is 13.2. The number of benzene rings is 1. The van der Waals surface area contributed by atoms with Crippen LogP contribution in [0.25, 0.3) is 0 Å². The van der Waals surface area contributed by atoms with Crippen LogP contribution in [0, 0.1) is 17.3 Å². The molecule has 0 aliphatic heterocycles. The van der Waals surface area contributed by atoms with Crippen LogP contribution < -0.4 is 10.1 Å². The number of hydrogen-bond donors (Lipinski definition) is 2. The van der Waals surface area contributed by atoms with Crippen molar-refractivity contribution >= 4 is 11.9 Å². The van der Waals surface area contributed by atoms with Crippen molar-refractivity contribution in [3.05, 3.63) is 29.8 Å². The van der Waals surface area contributed by atoms with E-state index in [0.29, 0.717) is 24.5 Å². The van der Waals surface area contributed by atoms with Crippen molar-refractivity contribution in [1.82, 2.24) is 5.32 Å². The molecular weight excluding hydrogens is 356 g/mol. The summed E-state index contributed by atoms with van der Waals surface area (Å²) >= 11 is 0. The second kappa shape index (κ2) is 7.82. The number of carbonyl (C=O) groups excluding carboxylic acids is 1. The normalized spacial score (nSPS) is 27.6. The smallest absolute Gasteiger partial charge is 0.326 e. The third kappa shape index (κ3) is 4.06. The number of carbonyl (C=O) groups is 2. The van der Waals surface area contributed by atoms with Gasteiger partial charge in [-0.2, -0.15) is 0 Å². The first-order valence-electron chi connectivity index (χ1n) is 9.29. The molecule has 7 heteroatoms. The van der Waals surface area contributed by atoms with E-state index in [1.807, 2.05) is 24.3 Å². The molecule has 4 unspecified atom stereocenters. The van der Waals surface area contributed by atoms with Crippen molar-refractivity contribution in [2.75, 3.05) is 7.11 Å². The molecule has 148 valence electrons. The quantitative estimate of drug-likeness (QED) is 0.725. The maximum Gasteiger partial charge on any atom is 0.326 e. The number of halogens is 2. The fourth-order valence-corrected chi connectivity index (χ4v) is 4.87. The first kappa shape index (κ1) is 19.6. The zero-order valence-corrected chi connectivity index (χ0v) is 15.3. The molecule has 1 amide bonds. The van der Waals surface area contributed by atoms with Crippen LogP contribution in [0.5, 0.6) is 5.75 Å². The van der Waals surface area contributed by atoms with Crippen LogP contribution in [0.4, 0.5) is 8.78 Å². The molecule has 0 aromatic heterocycles. The van der Waals surface area contributed by atoms with E-state index in [9.17, 15) is 23.5 Å². The molecule has 2 saturated carbocycles. The van der Waals surface area contributed by atoms with Crippen molar-refractivity contribution in [1.29, 1.82) is 0 Å². The lowest BCUT2D eigenvalue weighted by Crippen LogP contribution is -2.52. The van der Waals surface area contributed by atoms with Crippen molar-refractivity contribution < 1.29 is 28.2 Å². The summed E-state index contributed by atoms with van der Waals surface area (Å²) in [4.78, 5) is 24.5. The molecule has 0 spiro atoms. The van der Waals surface area contributed by atoms with Gasteiger partial charge in [0, 0.05) is 6.42 Å². The largest absolute Gasteiger partial charge is 0.497 e. The zero-order chi connectivity index (χ0) is 19.6. The molecule has 0 saturated heterocycles.